The summed E-state index contributed by atoms with van der Waals surface area (Å²) in [5.41, 5.74) is 3.35. The molecule has 2 aromatic carbocycles. The van der Waals surface area contributed by atoms with Crippen LogP contribution in [-0.2, 0) is 14.8 Å². The number of aromatic nitrogens is 1. The van der Waals surface area contributed by atoms with Gasteiger partial charge < -0.3 is 9.42 Å². The van der Waals surface area contributed by atoms with Gasteiger partial charge in [0, 0.05) is 43.8 Å². The molecule has 1 fully saturated rings. The zero-order chi connectivity index (χ0) is 23.8. The summed E-state index contributed by atoms with van der Waals surface area (Å²) in [5.74, 6) is -0.104. The van der Waals surface area contributed by atoms with E-state index in [4.69, 9.17) is 16.1 Å². The molecule has 0 atom stereocenters. The van der Waals surface area contributed by atoms with Crippen LogP contribution in [0.2, 0.25) is 5.02 Å². The van der Waals surface area contributed by atoms with Crippen molar-refractivity contribution in [1.29, 1.82) is 0 Å². The van der Waals surface area contributed by atoms with Gasteiger partial charge in [0.2, 0.25) is 21.8 Å². The number of anilines is 2. The van der Waals surface area contributed by atoms with E-state index in [1.54, 1.807) is 32.0 Å². The summed E-state index contributed by atoms with van der Waals surface area (Å²) in [7, 11) is -3.73. The van der Waals surface area contributed by atoms with Crippen molar-refractivity contribution < 1.29 is 17.7 Å². The Morgan fingerprint density at radius 2 is 1.82 bits per heavy atom. The summed E-state index contributed by atoms with van der Waals surface area (Å²) in [6, 6.07) is 12.7. The summed E-state index contributed by atoms with van der Waals surface area (Å²) in [6.07, 6.45) is 0. The van der Waals surface area contributed by atoms with Crippen LogP contribution in [-0.4, -0.2) is 50.0 Å². The number of rotatable bonds is 5. The highest BCUT2D eigenvalue weighted by atomic mass is 35.5. The average Bonchev–Trinajstić information content (AvgIpc) is 3.13. The third-order valence-corrected chi connectivity index (χ3v) is 7.93. The summed E-state index contributed by atoms with van der Waals surface area (Å²) < 4.78 is 33.9. The maximum absolute atomic E-state index is 13.6. The first kappa shape index (κ1) is 23.3. The molecule has 0 bridgehead atoms. The fourth-order valence-electron chi connectivity index (χ4n) is 3.99. The highest BCUT2D eigenvalue weighted by Gasteiger charge is 2.30. The molecule has 0 radical (unpaired) electrons. The quantitative estimate of drug-likeness (QED) is 0.581. The van der Waals surface area contributed by atoms with Crippen molar-refractivity contribution in [1.82, 2.24) is 9.46 Å². The van der Waals surface area contributed by atoms with Crippen LogP contribution in [0.4, 0.5) is 11.6 Å². The molecule has 174 valence electrons. The van der Waals surface area contributed by atoms with Gasteiger partial charge in [0.1, 0.15) is 0 Å². The van der Waals surface area contributed by atoms with E-state index < -0.39 is 10.0 Å². The lowest BCUT2D eigenvalue weighted by molar-refractivity contribution is -0.114. The van der Waals surface area contributed by atoms with Crippen molar-refractivity contribution in [2.45, 2.75) is 25.7 Å². The second-order valence-electron chi connectivity index (χ2n) is 8.00. The van der Waals surface area contributed by atoms with E-state index >= 15 is 0 Å². The number of benzene rings is 2. The standard InChI is InChI=1S/C23H25ClN4O4S/c1-15-7-8-18(22-16(2)26-32-23(22)25-17(3)29)13-21(15)33(30,31)28-11-9-27(10-12-28)20-6-4-5-19(24)14-20/h4-8,13-14H,9-12H2,1-3H3,(H,25,29). The number of amides is 1. The van der Waals surface area contributed by atoms with E-state index in [-0.39, 0.29) is 16.7 Å². The van der Waals surface area contributed by atoms with Crippen molar-refractivity contribution in [2.75, 3.05) is 36.4 Å². The first-order valence-electron chi connectivity index (χ1n) is 10.5. The minimum atomic E-state index is -3.73. The van der Waals surface area contributed by atoms with E-state index in [9.17, 15) is 13.2 Å². The molecule has 0 spiro atoms. The van der Waals surface area contributed by atoms with Crippen LogP contribution in [0.5, 0.6) is 0 Å². The molecule has 3 aromatic rings. The highest BCUT2D eigenvalue weighted by molar-refractivity contribution is 7.89. The van der Waals surface area contributed by atoms with Gasteiger partial charge in [-0.25, -0.2) is 8.42 Å². The summed E-state index contributed by atoms with van der Waals surface area (Å²) in [5, 5.41) is 7.19. The minimum Gasteiger partial charge on any atom is -0.369 e. The second kappa shape index (κ2) is 9.17. The Morgan fingerprint density at radius 1 is 1.09 bits per heavy atom. The molecule has 1 aliphatic rings. The van der Waals surface area contributed by atoms with Crippen LogP contribution in [0.1, 0.15) is 18.2 Å². The Hall–Kier alpha value is -2.88. The average molecular weight is 489 g/mol. The van der Waals surface area contributed by atoms with Gasteiger partial charge in [-0.2, -0.15) is 4.31 Å². The number of carbonyl (C=O) groups is 1. The first-order chi connectivity index (χ1) is 15.7. The third-order valence-electron chi connectivity index (χ3n) is 5.66. The molecule has 1 aromatic heterocycles. The van der Waals surface area contributed by atoms with E-state index in [0.717, 1.165) is 5.69 Å². The monoisotopic (exact) mass is 488 g/mol. The summed E-state index contributed by atoms with van der Waals surface area (Å²) in [4.78, 5) is 13.9. The fraction of sp³-hybridized carbons (Fsp3) is 0.304. The molecule has 0 unspecified atom stereocenters. The SMILES string of the molecule is CC(=O)Nc1onc(C)c1-c1ccc(C)c(S(=O)(=O)N2CCN(c3cccc(Cl)c3)CC2)c1. The van der Waals surface area contributed by atoms with Crippen LogP contribution in [0, 0.1) is 13.8 Å². The number of carbonyl (C=O) groups excluding carboxylic acids is 1. The number of aryl methyl sites for hydroxylation is 2. The molecule has 0 saturated carbocycles. The number of hydrogen-bond acceptors (Lipinski definition) is 6. The van der Waals surface area contributed by atoms with E-state index in [2.05, 4.69) is 15.4 Å². The molecular formula is C23H25ClN4O4S. The van der Waals surface area contributed by atoms with Crippen LogP contribution >= 0.6 is 11.6 Å². The van der Waals surface area contributed by atoms with E-state index in [1.807, 2.05) is 24.3 Å². The van der Waals surface area contributed by atoms with Crippen LogP contribution in [0.25, 0.3) is 11.1 Å². The van der Waals surface area contributed by atoms with Crippen molar-refractivity contribution in [3.8, 4) is 11.1 Å². The van der Waals surface area contributed by atoms with E-state index in [0.29, 0.717) is 53.6 Å². The third kappa shape index (κ3) is 4.75. The van der Waals surface area contributed by atoms with E-state index in [1.165, 1.54) is 11.2 Å². The lowest BCUT2D eigenvalue weighted by Crippen LogP contribution is -2.48. The molecular weight excluding hydrogens is 464 g/mol. The number of nitrogens with one attached hydrogen (secondary N) is 1. The molecule has 2 heterocycles. The maximum Gasteiger partial charge on any atom is 0.243 e. The Bertz CT molecular complexity index is 1300. The summed E-state index contributed by atoms with van der Waals surface area (Å²) >= 11 is 6.10. The van der Waals surface area contributed by atoms with Gasteiger partial charge >= 0.3 is 0 Å². The van der Waals surface area contributed by atoms with Crippen molar-refractivity contribution >= 4 is 39.1 Å². The van der Waals surface area contributed by atoms with Gasteiger partial charge in [0.15, 0.2) is 0 Å². The Kier molecular flexibility index (Phi) is 6.47. The second-order valence-corrected chi connectivity index (χ2v) is 10.3. The smallest absolute Gasteiger partial charge is 0.243 e. The zero-order valence-corrected chi connectivity index (χ0v) is 20.2. The lowest BCUT2D eigenvalue weighted by Gasteiger charge is -2.35. The van der Waals surface area contributed by atoms with Crippen LogP contribution < -0.4 is 10.2 Å². The molecule has 10 heteroatoms. The van der Waals surface area contributed by atoms with Gasteiger partial charge in [-0.05, 0) is 49.2 Å². The van der Waals surface area contributed by atoms with Crippen molar-refractivity contribution in [2.24, 2.45) is 0 Å². The predicted octanol–water partition coefficient (Wildman–Crippen LogP) is 4.08. The molecule has 1 saturated heterocycles. The molecule has 1 N–H and O–H groups in total. The summed E-state index contributed by atoms with van der Waals surface area (Å²) in [6.45, 7) is 6.74. The van der Waals surface area contributed by atoms with Crippen LogP contribution in [0.3, 0.4) is 0 Å². The lowest BCUT2D eigenvalue weighted by atomic mass is 10.0. The topological polar surface area (TPSA) is 95.8 Å². The predicted molar refractivity (Wildman–Crippen MR) is 128 cm³/mol. The van der Waals surface area contributed by atoms with Gasteiger partial charge in [-0.1, -0.05) is 35.0 Å². The molecule has 4 rings (SSSR count). The van der Waals surface area contributed by atoms with Gasteiger partial charge in [0.05, 0.1) is 16.2 Å². The minimum absolute atomic E-state index is 0.197. The molecule has 8 nitrogen and oxygen atoms in total. The first-order valence-corrected chi connectivity index (χ1v) is 12.3. The van der Waals surface area contributed by atoms with Gasteiger partial charge in [-0.15, -0.1) is 0 Å². The Balaban J connectivity index is 1.61. The largest absolute Gasteiger partial charge is 0.369 e. The van der Waals surface area contributed by atoms with Crippen molar-refractivity contribution in [3.63, 3.8) is 0 Å². The van der Waals surface area contributed by atoms with Gasteiger partial charge in [0.25, 0.3) is 0 Å². The van der Waals surface area contributed by atoms with Crippen LogP contribution in [0.15, 0.2) is 51.9 Å². The Labute approximate surface area is 198 Å². The maximum atomic E-state index is 13.6. The number of sulfonamides is 1. The number of piperazine rings is 1. The number of halogens is 1. The zero-order valence-electron chi connectivity index (χ0n) is 18.6. The molecule has 0 aliphatic carbocycles. The van der Waals surface area contributed by atoms with Gasteiger partial charge in [-0.3, -0.25) is 10.1 Å². The Morgan fingerprint density at radius 3 is 2.48 bits per heavy atom. The highest BCUT2D eigenvalue weighted by Crippen LogP contribution is 2.34. The normalized spacial score (nSPS) is 15.0. The molecule has 33 heavy (non-hydrogen) atoms. The molecule has 1 aliphatic heterocycles. The number of hydrogen-bond donors (Lipinski definition) is 1. The fourth-order valence-corrected chi connectivity index (χ4v) is 5.84. The molecule has 1 amide bonds. The van der Waals surface area contributed by atoms with Crippen molar-refractivity contribution in [3.05, 3.63) is 58.7 Å². The number of nitrogens with zero attached hydrogens (tertiary/aromatic N) is 3.